The van der Waals surface area contributed by atoms with Gasteiger partial charge in [0.15, 0.2) is 5.69 Å². The molecule has 0 N–H and O–H groups in total. The molecule has 0 bridgehead atoms. The van der Waals surface area contributed by atoms with Crippen LogP contribution in [-0.4, -0.2) is 10.2 Å². The molecule has 0 saturated heterocycles. The van der Waals surface area contributed by atoms with Crippen molar-refractivity contribution < 1.29 is 4.73 Å². The molecule has 0 spiro atoms. The van der Waals surface area contributed by atoms with E-state index in [2.05, 4.69) is 10.2 Å². The maximum absolute atomic E-state index is 12.1. The van der Waals surface area contributed by atoms with E-state index in [4.69, 9.17) is 11.6 Å². The van der Waals surface area contributed by atoms with Gasteiger partial charge in [-0.2, -0.15) is 0 Å². The summed E-state index contributed by atoms with van der Waals surface area (Å²) in [5, 5.41) is 20.8. The van der Waals surface area contributed by atoms with E-state index in [1.165, 1.54) is 6.20 Å². The van der Waals surface area contributed by atoms with Crippen molar-refractivity contribution >= 4 is 11.6 Å². The van der Waals surface area contributed by atoms with Crippen molar-refractivity contribution in [3.8, 4) is 22.6 Å². The highest BCUT2D eigenvalue weighted by Crippen LogP contribution is 2.19. The highest BCUT2D eigenvalue weighted by atomic mass is 35.5. The van der Waals surface area contributed by atoms with Crippen molar-refractivity contribution in [3.05, 3.63) is 71.0 Å². The molecule has 0 saturated carbocycles. The Balaban J connectivity index is 2.01. The second-order valence-electron chi connectivity index (χ2n) is 4.24. The predicted octanol–water partition coefficient (Wildman–Crippen LogP) is 3.10. The summed E-state index contributed by atoms with van der Waals surface area (Å²) in [6.07, 6.45) is 1.42. The third kappa shape index (κ3) is 2.46. The molecule has 0 amide bonds. The molecule has 0 aliphatic carbocycles. The monoisotopic (exact) mass is 283 g/mol. The quantitative estimate of drug-likeness (QED) is 0.536. The first-order chi connectivity index (χ1) is 9.74. The molecule has 0 unspecified atom stereocenters. The van der Waals surface area contributed by atoms with Gasteiger partial charge >= 0.3 is 5.82 Å². The molecule has 0 atom stereocenters. The summed E-state index contributed by atoms with van der Waals surface area (Å²) in [6.45, 7) is 0. The first kappa shape index (κ1) is 12.6. The number of hydrogen-bond donors (Lipinski definition) is 0. The molecule has 0 fully saturated rings. The summed E-state index contributed by atoms with van der Waals surface area (Å²) in [4.78, 5) is 0. The zero-order valence-corrected chi connectivity index (χ0v) is 11.2. The van der Waals surface area contributed by atoms with E-state index in [0.29, 0.717) is 10.7 Å². The van der Waals surface area contributed by atoms with E-state index in [0.717, 1.165) is 15.9 Å². The van der Waals surface area contributed by atoms with E-state index in [-0.39, 0.29) is 5.82 Å². The molecule has 20 heavy (non-hydrogen) atoms. The normalized spacial score (nSPS) is 10.4. The number of rotatable bonds is 2. The minimum absolute atomic E-state index is 0.281. The SMILES string of the molecule is [O-][n+]1cc(-c2ccc(Cl)cc2)nnc1-c1ccccc1. The van der Waals surface area contributed by atoms with E-state index >= 15 is 0 Å². The minimum atomic E-state index is 0.281. The maximum atomic E-state index is 12.1. The highest BCUT2D eigenvalue weighted by Gasteiger charge is 2.14. The molecule has 0 aliphatic rings. The largest absolute Gasteiger partial charge is 0.710 e. The summed E-state index contributed by atoms with van der Waals surface area (Å²) in [7, 11) is 0. The van der Waals surface area contributed by atoms with Crippen molar-refractivity contribution in [3.63, 3.8) is 0 Å². The standard InChI is InChI=1S/C15H10ClN3O/c16-13-8-6-11(7-9-13)14-10-19(20)15(18-17-14)12-4-2-1-3-5-12/h1-10H. The Hall–Kier alpha value is -2.46. The Bertz CT molecular complexity index is 730. The van der Waals surface area contributed by atoms with Crippen LogP contribution < -0.4 is 4.73 Å². The van der Waals surface area contributed by atoms with E-state index < -0.39 is 0 Å². The first-order valence-corrected chi connectivity index (χ1v) is 6.40. The number of hydrogen-bond acceptors (Lipinski definition) is 3. The minimum Gasteiger partial charge on any atom is -0.710 e. The summed E-state index contributed by atoms with van der Waals surface area (Å²) in [5.41, 5.74) is 2.04. The van der Waals surface area contributed by atoms with Gasteiger partial charge in [0.1, 0.15) is 6.20 Å². The lowest BCUT2D eigenvalue weighted by Crippen LogP contribution is -2.31. The molecule has 98 valence electrons. The van der Waals surface area contributed by atoms with Crippen LogP contribution in [0.4, 0.5) is 0 Å². The lowest BCUT2D eigenvalue weighted by atomic mass is 10.1. The maximum Gasteiger partial charge on any atom is 0.360 e. The Kier molecular flexibility index (Phi) is 3.31. The molecule has 0 aliphatic heterocycles. The van der Waals surface area contributed by atoms with E-state index in [1.54, 1.807) is 24.3 Å². The third-order valence-electron chi connectivity index (χ3n) is 2.87. The van der Waals surface area contributed by atoms with Crippen molar-refractivity contribution in [2.75, 3.05) is 0 Å². The van der Waals surface area contributed by atoms with E-state index in [1.807, 2.05) is 30.3 Å². The second-order valence-corrected chi connectivity index (χ2v) is 4.67. The fraction of sp³-hybridized carbons (Fsp3) is 0. The van der Waals surface area contributed by atoms with Gasteiger partial charge < -0.3 is 5.21 Å². The van der Waals surface area contributed by atoms with Crippen LogP contribution in [0.25, 0.3) is 22.6 Å². The number of nitrogens with zero attached hydrogens (tertiary/aromatic N) is 3. The van der Waals surface area contributed by atoms with Gasteiger partial charge in [-0.3, -0.25) is 0 Å². The van der Waals surface area contributed by atoms with Crippen LogP contribution in [0, 0.1) is 5.21 Å². The second kappa shape index (κ2) is 5.27. The number of aromatic nitrogens is 3. The first-order valence-electron chi connectivity index (χ1n) is 6.02. The molecule has 1 aromatic heterocycles. The van der Waals surface area contributed by atoms with Gasteiger partial charge in [0.05, 0.1) is 10.7 Å². The summed E-state index contributed by atoms with van der Waals surface area (Å²) >= 11 is 5.83. The van der Waals surface area contributed by atoms with Gasteiger partial charge in [-0.1, -0.05) is 41.9 Å². The average molecular weight is 284 g/mol. The number of benzene rings is 2. The smallest absolute Gasteiger partial charge is 0.360 e. The fourth-order valence-electron chi connectivity index (χ4n) is 1.87. The highest BCUT2D eigenvalue weighted by molar-refractivity contribution is 6.30. The van der Waals surface area contributed by atoms with Gasteiger partial charge in [0.25, 0.3) is 0 Å². The molecule has 2 aromatic carbocycles. The Morgan fingerprint density at radius 1 is 0.850 bits per heavy atom. The van der Waals surface area contributed by atoms with Gasteiger partial charge in [-0.15, -0.1) is 0 Å². The van der Waals surface area contributed by atoms with Crippen LogP contribution in [0.15, 0.2) is 60.8 Å². The van der Waals surface area contributed by atoms with Crippen molar-refractivity contribution in [2.45, 2.75) is 0 Å². The molecular formula is C15H10ClN3O. The lowest BCUT2D eigenvalue weighted by molar-refractivity contribution is -0.596. The van der Waals surface area contributed by atoms with Crippen molar-refractivity contribution in [1.82, 2.24) is 10.2 Å². The summed E-state index contributed by atoms with van der Waals surface area (Å²) < 4.78 is 0.728. The Labute approximate surface area is 120 Å². The van der Waals surface area contributed by atoms with Crippen LogP contribution in [0.1, 0.15) is 0 Å². The van der Waals surface area contributed by atoms with Gasteiger partial charge in [-0.25, -0.2) is 4.73 Å². The van der Waals surface area contributed by atoms with E-state index in [9.17, 15) is 5.21 Å². The molecule has 3 aromatic rings. The molecule has 3 rings (SSSR count). The van der Waals surface area contributed by atoms with Crippen molar-refractivity contribution in [1.29, 1.82) is 0 Å². The molecule has 1 heterocycles. The molecule has 4 nitrogen and oxygen atoms in total. The topological polar surface area (TPSA) is 52.7 Å². The van der Waals surface area contributed by atoms with Gasteiger partial charge in [-0.05, 0) is 29.4 Å². The predicted molar refractivity (Wildman–Crippen MR) is 76.9 cm³/mol. The van der Waals surface area contributed by atoms with Gasteiger partial charge in [0.2, 0.25) is 0 Å². The van der Waals surface area contributed by atoms with Crippen LogP contribution in [0.2, 0.25) is 5.02 Å². The molecule has 0 radical (unpaired) electrons. The average Bonchev–Trinajstić information content (AvgIpc) is 2.49. The van der Waals surface area contributed by atoms with Crippen LogP contribution in [0.5, 0.6) is 0 Å². The summed E-state index contributed by atoms with van der Waals surface area (Å²) in [5.74, 6) is 0.281. The molecule has 5 heteroatoms. The van der Waals surface area contributed by atoms with Crippen LogP contribution in [0.3, 0.4) is 0 Å². The van der Waals surface area contributed by atoms with Crippen LogP contribution >= 0.6 is 11.6 Å². The third-order valence-corrected chi connectivity index (χ3v) is 3.12. The van der Waals surface area contributed by atoms with Gasteiger partial charge in [0, 0.05) is 10.6 Å². The Morgan fingerprint density at radius 3 is 2.20 bits per heavy atom. The fourth-order valence-corrected chi connectivity index (χ4v) is 1.99. The van der Waals surface area contributed by atoms with Crippen molar-refractivity contribution in [2.24, 2.45) is 0 Å². The zero-order chi connectivity index (χ0) is 13.9. The van der Waals surface area contributed by atoms with Crippen LogP contribution in [-0.2, 0) is 0 Å². The Morgan fingerprint density at radius 2 is 1.55 bits per heavy atom. The summed E-state index contributed by atoms with van der Waals surface area (Å²) in [6, 6.07) is 16.3. The zero-order valence-electron chi connectivity index (χ0n) is 10.4. The number of halogens is 1. The molecular weight excluding hydrogens is 274 g/mol. The lowest BCUT2D eigenvalue weighted by Gasteiger charge is -2.06.